The molecule has 0 bridgehead atoms. The van der Waals surface area contributed by atoms with Crippen LogP contribution in [0.3, 0.4) is 0 Å². The van der Waals surface area contributed by atoms with Crippen molar-refractivity contribution in [1.82, 2.24) is 5.32 Å². The molecule has 15 heavy (non-hydrogen) atoms. The summed E-state index contributed by atoms with van der Waals surface area (Å²) in [4.78, 5) is 0. The molecule has 1 aromatic carbocycles. The molecule has 84 valence electrons. The minimum Gasteiger partial charge on any atom is -0.389 e. The molecule has 2 atom stereocenters. The predicted molar refractivity (Wildman–Crippen MR) is 60.7 cm³/mol. The fourth-order valence-electron chi connectivity index (χ4n) is 1.67. The molecule has 1 rings (SSSR count). The molecule has 0 saturated carbocycles. The highest BCUT2D eigenvalue weighted by atomic mass is 16.3. The number of aryl methyl sites for hydroxylation is 1. The van der Waals surface area contributed by atoms with E-state index in [1.807, 2.05) is 31.2 Å². The first kappa shape index (κ1) is 12.2. The van der Waals surface area contributed by atoms with E-state index >= 15 is 0 Å². The van der Waals surface area contributed by atoms with Crippen molar-refractivity contribution >= 4 is 0 Å². The average Bonchev–Trinajstić information content (AvgIpc) is 2.28. The Balaban J connectivity index is 2.84. The molecule has 0 saturated heterocycles. The van der Waals surface area contributed by atoms with Crippen molar-refractivity contribution in [3.05, 3.63) is 35.4 Å². The second kappa shape index (κ2) is 5.85. The second-order valence-electron chi connectivity index (χ2n) is 3.62. The Hall–Kier alpha value is -0.900. The first-order valence-electron chi connectivity index (χ1n) is 5.29. The maximum Gasteiger partial charge on any atom is 0.106 e. The molecule has 0 heterocycles. The van der Waals surface area contributed by atoms with Crippen LogP contribution in [0.4, 0.5) is 0 Å². The van der Waals surface area contributed by atoms with Crippen LogP contribution in [-0.4, -0.2) is 29.9 Å². The Kier molecular flexibility index (Phi) is 4.75. The maximum atomic E-state index is 9.94. The summed E-state index contributed by atoms with van der Waals surface area (Å²) in [6.45, 7) is 2.43. The van der Waals surface area contributed by atoms with Gasteiger partial charge in [-0.25, -0.2) is 0 Å². The van der Waals surface area contributed by atoms with Gasteiger partial charge in [0.05, 0.1) is 6.10 Å². The Bertz CT molecular complexity index is 301. The first-order chi connectivity index (χ1) is 7.20. The molecule has 0 fully saturated rings. The molecular formula is C12H19NO2. The van der Waals surface area contributed by atoms with E-state index in [4.69, 9.17) is 0 Å². The number of hydrogen-bond donors (Lipinski definition) is 3. The molecule has 3 N–H and O–H groups in total. The Labute approximate surface area is 90.8 Å². The lowest BCUT2D eigenvalue weighted by Crippen LogP contribution is -2.30. The highest BCUT2D eigenvalue weighted by Gasteiger charge is 2.19. The number of benzene rings is 1. The largest absolute Gasteiger partial charge is 0.389 e. The van der Waals surface area contributed by atoms with E-state index in [-0.39, 0.29) is 0 Å². The lowest BCUT2D eigenvalue weighted by Gasteiger charge is -2.20. The molecular weight excluding hydrogens is 190 g/mol. The molecule has 3 heteroatoms. The summed E-state index contributed by atoms with van der Waals surface area (Å²) in [5.74, 6) is 0. The van der Waals surface area contributed by atoms with Crippen LogP contribution in [-0.2, 0) is 6.42 Å². The molecule has 0 aliphatic carbocycles. The maximum absolute atomic E-state index is 9.94. The molecule has 1 aromatic rings. The van der Waals surface area contributed by atoms with E-state index < -0.39 is 12.2 Å². The Morgan fingerprint density at radius 3 is 2.53 bits per heavy atom. The van der Waals surface area contributed by atoms with Gasteiger partial charge in [0.2, 0.25) is 0 Å². The van der Waals surface area contributed by atoms with Gasteiger partial charge < -0.3 is 15.5 Å². The number of rotatable bonds is 5. The smallest absolute Gasteiger partial charge is 0.106 e. The molecule has 0 amide bonds. The summed E-state index contributed by atoms with van der Waals surface area (Å²) in [5, 5.41) is 22.5. The van der Waals surface area contributed by atoms with Crippen molar-refractivity contribution in [3.8, 4) is 0 Å². The van der Waals surface area contributed by atoms with Crippen molar-refractivity contribution in [2.24, 2.45) is 0 Å². The molecule has 0 aliphatic rings. The fraction of sp³-hybridized carbons (Fsp3) is 0.500. The highest BCUT2D eigenvalue weighted by molar-refractivity contribution is 5.29. The second-order valence-corrected chi connectivity index (χ2v) is 3.62. The first-order valence-corrected chi connectivity index (χ1v) is 5.29. The lowest BCUT2D eigenvalue weighted by atomic mass is 9.97. The molecule has 0 aromatic heterocycles. The number of aliphatic hydroxyl groups excluding tert-OH is 2. The minimum absolute atomic E-state index is 0.388. The van der Waals surface area contributed by atoms with Crippen molar-refractivity contribution in [1.29, 1.82) is 0 Å². The van der Waals surface area contributed by atoms with E-state index in [1.165, 1.54) is 0 Å². The summed E-state index contributed by atoms with van der Waals surface area (Å²) in [6.07, 6.45) is -0.712. The van der Waals surface area contributed by atoms with Crippen LogP contribution in [0, 0.1) is 0 Å². The van der Waals surface area contributed by atoms with Gasteiger partial charge >= 0.3 is 0 Å². The summed E-state index contributed by atoms with van der Waals surface area (Å²) >= 11 is 0. The van der Waals surface area contributed by atoms with Crippen LogP contribution in [0.2, 0.25) is 0 Å². The van der Waals surface area contributed by atoms with E-state index in [2.05, 4.69) is 5.32 Å². The zero-order valence-corrected chi connectivity index (χ0v) is 9.27. The Morgan fingerprint density at radius 1 is 1.27 bits per heavy atom. The molecule has 0 aliphatic heterocycles. The molecule has 0 radical (unpaired) electrons. The summed E-state index contributed by atoms with van der Waals surface area (Å²) in [6, 6.07) is 7.66. The van der Waals surface area contributed by atoms with E-state index in [1.54, 1.807) is 7.05 Å². The zero-order chi connectivity index (χ0) is 11.3. The third-order valence-corrected chi connectivity index (χ3v) is 2.53. The van der Waals surface area contributed by atoms with Gasteiger partial charge in [-0.15, -0.1) is 0 Å². The van der Waals surface area contributed by atoms with Gasteiger partial charge in [0, 0.05) is 6.54 Å². The lowest BCUT2D eigenvalue weighted by molar-refractivity contribution is 0.0197. The molecule has 0 spiro atoms. The van der Waals surface area contributed by atoms with Crippen molar-refractivity contribution in [3.63, 3.8) is 0 Å². The minimum atomic E-state index is -0.811. The van der Waals surface area contributed by atoms with Crippen molar-refractivity contribution in [2.75, 3.05) is 13.6 Å². The van der Waals surface area contributed by atoms with E-state index in [9.17, 15) is 10.2 Å². The van der Waals surface area contributed by atoms with Gasteiger partial charge in [-0.1, -0.05) is 31.2 Å². The van der Waals surface area contributed by atoms with Crippen LogP contribution in [0.15, 0.2) is 24.3 Å². The van der Waals surface area contributed by atoms with Gasteiger partial charge in [-0.05, 0) is 24.6 Å². The number of hydrogen-bond acceptors (Lipinski definition) is 3. The van der Waals surface area contributed by atoms with E-state index in [0.717, 1.165) is 17.5 Å². The number of nitrogens with one attached hydrogen (secondary N) is 1. The van der Waals surface area contributed by atoms with Gasteiger partial charge in [0.15, 0.2) is 0 Å². The van der Waals surface area contributed by atoms with Crippen LogP contribution in [0.5, 0.6) is 0 Å². The fourth-order valence-corrected chi connectivity index (χ4v) is 1.67. The topological polar surface area (TPSA) is 52.5 Å². The average molecular weight is 209 g/mol. The summed E-state index contributed by atoms with van der Waals surface area (Å²) < 4.78 is 0. The third-order valence-electron chi connectivity index (χ3n) is 2.53. The predicted octanol–water partition coefficient (Wildman–Crippen LogP) is 0.863. The highest BCUT2D eigenvalue weighted by Crippen LogP contribution is 2.21. The standard InChI is InChI=1S/C12H19NO2/c1-3-9-6-4-5-7-10(9)12(15)11(14)8-13-2/h4-7,11-15H,3,8H2,1-2H3. The van der Waals surface area contributed by atoms with Crippen LogP contribution >= 0.6 is 0 Å². The van der Waals surface area contributed by atoms with E-state index in [0.29, 0.717) is 6.54 Å². The Morgan fingerprint density at radius 2 is 1.93 bits per heavy atom. The van der Waals surface area contributed by atoms with Gasteiger partial charge in [-0.2, -0.15) is 0 Å². The quantitative estimate of drug-likeness (QED) is 0.674. The van der Waals surface area contributed by atoms with Crippen molar-refractivity contribution in [2.45, 2.75) is 25.6 Å². The third kappa shape index (κ3) is 3.02. The SMILES string of the molecule is CCc1ccccc1C(O)C(O)CNC. The van der Waals surface area contributed by atoms with Gasteiger partial charge in [-0.3, -0.25) is 0 Å². The number of aliphatic hydroxyl groups is 2. The van der Waals surface area contributed by atoms with Crippen LogP contribution in [0.25, 0.3) is 0 Å². The molecule has 2 unspecified atom stereocenters. The summed E-state index contributed by atoms with van der Waals surface area (Å²) in [7, 11) is 1.75. The van der Waals surface area contributed by atoms with Gasteiger partial charge in [0.25, 0.3) is 0 Å². The van der Waals surface area contributed by atoms with Crippen molar-refractivity contribution < 1.29 is 10.2 Å². The van der Waals surface area contributed by atoms with Crippen LogP contribution in [0.1, 0.15) is 24.2 Å². The normalized spacial score (nSPS) is 14.9. The number of likely N-dealkylation sites (N-methyl/N-ethyl adjacent to an activating group) is 1. The van der Waals surface area contributed by atoms with Gasteiger partial charge in [0.1, 0.15) is 6.10 Å². The summed E-state index contributed by atoms with van der Waals surface area (Å²) in [5.41, 5.74) is 1.91. The zero-order valence-electron chi connectivity index (χ0n) is 9.27. The molecule has 3 nitrogen and oxygen atoms in total. The van der Waals surface area contributed by atoms with Crippen LogP contribution < -0.4 is 5.32 Å². The monoisotopic (exact) mass is 209 g/mol.